The van der Waals surface area contributed by atoms with Gasteiger partial charge in [-0.2, -0.15) is 5.10 Å². The number of hydrazone groups is 1. The summed E-state index contributed by atoms with van der Waals surface area (Å²) < 4.78 is 0. The molecule has 0 fully saturated rings. The third-order valence-corrected chi connectivity index (χ3v) is 4.13. The van der Waals surface area contributed by atoms with E-state index < -0.39 is 0 Å². The highest BCUT2D eigenvalue weighted by Crippen LogP contribution is 2.11. The Bertz CT molecular complexity index is 520. The Labute approximate surface area is 141 Å². The van der Waals surface area contributed by atoms with Crippen molar-refractivity contribution in [2.75, 3.05) is 0 Å². The quantitative estimate of drug-likeness (QED) is 0.356. The Morgan fingerprint density at radius 3 is 2.35 bits per heavy atom. The topological polar surface area (TPSA) is 41.5 Å². The van der Waals surface area contributed by atoms with Crippen LogP contribution in [-0.2, 0) is 4.79 Å². The number of nitrogens with zero attached hydrogens (tertiary/aromatic N) is 1. The molecule has 0 radical (unpaired) electrons. The summed E-state index contributed by atoms with van der Waals surface area (Å²) in [5.41, 5.74) is 7.06. The SMILES string of the molecule is CCCCCCCCCC(=O)N/N=C(\C)c1ccc(C)cc1C. The zero-order valence-electron chi connectivity index (χ0n) is 15.2. The number of amides is 1. The van der Waals surface area contributed by atoms with Crippen molar-refractivity contribution in [2.45, 2.75) is 79.1 Å². The smallest absolute Gasteiger partial charge is 0.240 e. The fourth-order valence-corrected chi connectivity index (χ4v) is 2.72. The first kappa shape index (κ1) is 19.4. The van der Waals surface area contributed by atoms with Crippen LogP contribution in [0.1, 0.15) is 81.9 Å². The van der Waals surface area contributed by atoms with Gasteiger partial charge in [0, 0.05) is 12.0 Å². The minimum atomic E-state index is 0.0164. The van der Waals surface area contributed by atoms with Gasteiger partial charge in [-0.25, -0.2) is 5.43 Å². The molecule has 23 heavy (non-hydrogen) atoms. The van der Waals surface area contributed by atoms with E-state index >= 15 is 0 Å². The highest BCUT2D eigenvalue weighted by atomic mass is 16.2. The third-order valence-electron chi connectivity index (χ3n) is 4.13. The standard InChI is InChI=1S/C20H32N2O/c1-5-6-7-8-9-10-11-12-20(23)22-21-18(4)19-14-13-16(2)15-17(19)3/h13-15H,5-12H2,1-4H3,(H,22,23)/b21-18+. The molecule has 128 valence electrons. The van der Waals surface area contributed by atoms with E-state index in [1.54, 1.807) is 0 Å². The maximum atomic E-state index is 11.8. The van der Waals surface area contributed by atoms with Crippen molar-refractivity contribution in [2.24, 2.45) is 5.10 Å². The Kier molecular flexibility index (Phi) is 9.27. The first-order valence-electron chi connectivity index (χ1n) is 8.95. The molecule has 0 bridgehead atoms. The highest BCUT2D eigenvalue weighted by molar-refractivity contribution is 6.00. The van der Waals surface area contributed by atoms with Crippen LogP contribution in [0.2, 0.25) is 0 Å². The number of aryl methyl sites for hydroxylation is 2. The monoisotopic (exact) mass is 316 g/mol. The zero-order chi connectivity index (χ0) is 17.1. The molecular formula is C20H32N2O. The minimum absolute atomic E-state index is 0.0164. The molecule has 0 aliphatic heterocycles. The average Bonchev–Trinajstić information content (AvgIpc) is 2.51. The maximum Gasteiger partial charge on any atom is 0.240 e. The lowest BCUT2D eigenvalue weighted by atomic mass is 10.0. The van der Waals surface area contributed by atoms with Crippen LogP contribution in [0.3, 0.4) is 0 Å². The Hall–Kier alpha value is -1.64. The predicted octanol–water partition coefficient (Wildman–Crippen LogP) is 5.28. The summed E-state index contributed by atoms with van der Waals surface area (Å²) in [6.07, 6.45) is 9.11. The van der Waals surface area contributed by atoms with Crippen LogP contribution in [0.25, 0.3) is 0 Å². The van der Waals surface area contributed by atoms with Gasteiger partial charge in [0.1, 0.15) is 0 Å². The van der Waals surface area contributed by atoms with Gasteiger partial charge in [-0.05, 0) is 32.8 Å². The summed E-state index contributed by atoms with van der Waals surface area (Å²) in [5.74, 6) is 0.0164. The van der Waals surface area contributed by atoms with E-state index in [1.165, 1.54) is 43.2 Å². The van der Waals surface area contributed by atoms with Gasteiger partial charge >= 0.3 is 0 Å². The summed E-state index contributed by atoms with van der Waals surface area (Å²) in [6, 6.07) is 6.27. The molecule has 1 N–H and O–H groups in total. The first-order valence-corrected chi connectivity index (χ1v) is 8.95. The molecule has 0 aromatic heterocycles. The van der Waals surface area contributed by atoms with Gasteiger partial charge in [0.15, 0.2) is 0 Å². The number of benzene rings is 1. The fraction of sp³-hybridized carbons (Fsp3) is 0.600. The summed E-state index contributed by atoms with van der Waals surface area (Å²) in [7, 11) is 0. The van der Waals surface area contributed by atoms with Crippen LogP contribution in [0.4, 0.5) is 0 Å². The second-order valence-corrected chi connectivity index (χ2v) is 6.42. The molecule has 0 atom stereocenters. The van der Waals surface area contributed by atoms with Crippen molar-refractivity contribution in [1.29, 1.82) is 0 Å². The number of carbonyl (C=O) groups excluding carboxylic acids is 1. The molecule has 1 amide bonds. The molecule has 1 aromatic rings. The molecule has 0 unspecified atom stereocenters. The maximum absolute atomic E-state index is 11.8. The van der Waals surface area contributed by atoms with Gasteiger partial charge in [-0.1, -0.05) is 69.2 Å². The summed E-state index contributed by atoms with van der Waals surface area (Å²) in [5, 5.41) is 4.24. The van der Waals surface area contributed by atoms with Gasteiger partial charge < -0.3 is 0 Å². The Balaban J connectivity index is 2.28. The normalized spacial score (nSPS) is 11.6. The van der Waals surface area contributed by atoms with Crippen LogP contribution in [0.15, 0.2) is 23.3 Å². The van der Waals surface area contributed by atoms with E-state index in [2.05, 4.69) is 49.5 Å². The van der Waals surface area contributed by atoms with E-state index in [9.17, 15) is 4.79 Å². The lowest BCUT2D eigenvalue weighted by Gasteiger charge is -2.07. The third kappa shape index (κ3) is 7.96. The number of nitrogens with one attached hydrogen (secondary N) is 1. The van der Waals surface area contributed by atoms with Gasteiger partial charge in [-0.3, -0.25) is 4.79 Å². The lowest BCUT2D eigenvalue weighted by Crippen LogP contribution is -2.19. The fourth-order valence-electron chi connectivity index (χ4n) is 2.72. The van der Waals surface area contributed by atoms with Crippen molar-refractivity contribution in [3.63, 3.8) is 0 Å². The number of rotatable bonds is 10. The first-order chi connectivity index (χ1) is 11.0. The summed E-state index contributed by atoms with van der Waals surface area (Å²) in [4.78, 5) is 11.8. The van der Waals surface area contributed by atoms with Crippen LogP contribution < -0.4 is 5.43 Å². The number of unbranched alkanes of at least 4 members (excludes halogenated alkanes) is 6. The molecule has 0 saturated heterocycles. The van der Waals surface area contributed by atoms with E-state index in [0.29, 0.717) is 6.42 Å². The van der Waals surface area contributed by atoms with E-state index in [4.69, 9.17) is 0 Å². The van der Waals surface area contributed by atoms with E-state index in [0.717, 1.165) is 24.1 Å². The van der Waals surface area contributed by atoms with Crippen LogP contribution in [-0.4, -0.2) is 11.6 Å². The molecule has 1 aromatic carbocycles. The van der Waals surface area contributed by atoms with Gasteiger partial charge in [0.05, 0.1) is 5.71 Å². The van der Waals surface area contributed by atoms with Gasteiger partial charge in [-0.15, -0.1) is 0 Å². The zero-order valence-corrected chi connectivity index (χ0v) is 15.2. The molecule has 0 aliphatic rings. The molecule has 0 spiro atoms. The van der Waals surface area contributed by atoms with Crippen LogP contribution >= 0.6 is 0 Å². The minimum Gasteiger partial charge on any atom is -0.273 e. The van der Waals surface area contributed by atoms with Crippen molar-refractivity contribution in [1.82, 2.24) is 5.43 Å². The van der Waals surface area contributed by atoms with Gasteiger partial charge in [0.25, 0.3) is 0 Å². The average molecular weight is 316 g/mol. The van der Waals surface area contributed by atoms with Crippen LogP contribution in [0, 0.1) is 13.8 Å². The predicted molar refractivity (Wildman–Crippen MR) is 98.9 cm³/mol. The summed E-state index contributed by atoms with van der Waals surface area (Å²) >= 11 is 0. The molecule has 1 rings (SSSR count). The number of carbonyl (C=O) groups is 1. The van der Waals surface area contributed by atoms with Crippen molar-refractivity contribution < 1.29 is 4.79 Å². The molecule has 0 aliphatic carbocycles. The van der Waals surface area contributed by atoms with Crippen molar-refractivity contribution in [3.8, 4) is 0 Å². The Morgan fingerprint density at radius 2 is 1.70 bits per heavy atom. The molecule has 3 heteroatoms. The number of hydrogen-bond acceptors (Lipinski definition) is 2. The molecular weight excluding hydrogens is 284 g/mol. The Morgan fingerprint density at radius 1 is 1.04 bits per heavy atom. The molecule has 0 heterocycles. The molecule has 0 saturated carbocycles. The van der Waals surface area contributed by atoms with Crippen LogP contribution in [0.5, 0.6) is 0 Å². The highest BCUT2D eigenvalue weighted by Gasteiger charge is 2.04. The van der Waals surface area contributed by atoms with Gasteiger partial charge in [0.2, 0.25) is 5.91 Å². The van der Waals surface area contributed by atoms with E-state index in [-0.39, 0.29) is 5.91 Å². The molecule has 3 nitrogen and oxygen atoms in total. The lowest BCUT2D eigenvalue weighted by molar-refractivity contribution is -0.121. The number of hydrogen-bond donors (Lipinski definition) is 1. The summed E-state index contributed by atoms with van der Waals surface area (Å²) in [6.45, 7) is 8.31. The second kappa shape index (κ2) is 11.0. The second-order valence-electron chi connectivity index (χ2n) is 6.42. The largest absolute Gasteiger partial charge is 0.273 e. The van der Waals surface area contributed by atoms with E-state index in [1.807, 2.05) is 6.92 Å². The van der Waals surface area contributed by atoms with Crippen molar-refractivity contribution >= 4 is 11.6 Å². The van der Waals surface area contributed by atoms with Crippen molar-refractivity contribution in [3.05, 3.63) is 34.9 Å².